The molecule has 4 nitrogen and oxygen atoms in total. The van der Waals surface area contributed by atoms with Crippen LogP contribution in [0.25, 0.3) is 0 Å². The van der Waals surface area contributed by atoms with Crippen LogP contribution in [0.3, 0.4) is 0 Å². The third-order valence-electron chi connectivity index (χ3n) is 4.09. The second-order valence-electron chi connectivity index (χ2n) is 5.86. The van der Waals surface area contributed by atoms with Crippen LogP contribution in [0, 0.1) is 11.6 Å². The average Bonchev–Trinajstić information content (AvgIpc) is 3.40. The van der Waals surface area contributed by atoms with Crippen molar-refractivity contribution in [3.8, 4) is 5.75 Å². The maximum atomic E-state index is 13.7. The zero-order valence-electron chi connectivity index (χ0n) is 14.0. The summed E-state index contributed by atoms with van der Waals surface area (Å²) >= 11 is 3.12. The number of carbonyl (C=O) groups excluding carboxylic acids is 1. The lowest BCUT2D eigenvalue weighted by Gasteiger charge is -2.20. The number of thiophene rings is 2. The van der Waals surface area contributed by atoms with Gasteiger partial charge in [0.05, 0.1) is 16.6 Å². The number of hydrogen-bond donors (Lipinski definition) is 0. The summed E-state index contributed by atoms with van der Waals surface area (Å²) in [7, 11) is 0. The summed E-state index contributed by atoms with van der Waals surface area (Å²) < 4.78 is 32.0. The van der Waals surface area contributed by atoms with E-state index in [-0.39, 0.29) is 24.3 Å². The number of ether oxygens (including phenoxy) is 1. The van der Waals surface area contributed by atoms with Gasteiger partial charge in [-0.05, 0) is 35.0 Å². The molecule has 0 saturated carbocycles. The van der Waals surface area contributed by atoms with Gasteiger partial charge in [-0.3, -0.25) is 4.79 Å². The largest absolute Gasteiger partial charge is 0.481 e. The summed E-state index contributed by atoms with van der Waals surface area (Å²) in [5.74, 6) is -2.10. The Morgan fingerprint density at radius 3 is 2.70 bits per heavy atom. The van der Waals surface area contributed by atoms with Gasteiger partial charge in [0.1, 0.15) is 5.82 Å². The van der Waals surface area contributed by atoms with Gasteiger partial charge in [0, 0.05) is 17.4 Å². The second kappa shape index (κ2) is 7.58. The average molecular weight is 404 g/mol. The van der Waals surface area contributed by atoms with E-state index in [0.29, 0.717) is 6.42 Å². The molecule has 138 valence electrons. The molecule has 3 aromatic rings. The molecule has 1 unspecified atom stereocenters. The molecule has 0 bridgehead atoms. The fourth-order valence-corrected chi connectivity index (χ4v) is 4.37. The molecule has 0 spiro atoms. The number of carbonyl (C=O) groups is 1. The monoisotopic (exact) mass is 404 g/mol. The Morgan fingerprint density at radius 1 is 1.19 bits per heavy atom. The highest BCUT2D eigenvalue weighted by Gasteiger charge is 2.34. The summed E-state index contributed by atoms with van der Waals surface area (Å²) in [6.07, 6.45) is 0.609. The molecule has 1 aromatic carbocycles. The van der Waals surface area contributed by atoms with Crippen LogP contribution >= 0.6 is 22.7 Å². The molecule has 4 rings (SSSR count). The molecule has 1 aliphatic rings. The smallest absolute Gasteiger partial charge is 0.281 e. The Morgan fingerprint density at radius 2 is 2.00 bits per heavy atom. The van der Waals surface area contributed by atoms with Gasteiger partial charge in [-0.2, -0.15) is 5.10 Å². The summed E-state index contributed by atoms with van der Waals surface area (Å²) in [5, 5.41) is 9.82. The SMILES string of the molecule is O=C(COc1ccc(F)cc1F)N1N=C(c2cccs2)CC1c1cccs1. The molecule has 0 N–H and O–H groups in total. The highest BCUT2D eigenvalue weighted by Crippen LogP contribution is 2.36. The molecule has 1 aliphatic heterocycles. The van der Waals surface area contributed by atoms with Crippen LogP contribution in [0.5, 0.6) is 5.75 Å². The van der Waals surface area contributed by atoms with Crippen molar-refractivity contribution in [1.82, 2.24) is 5.01 Å². The van der Waals surface area contributed by atoms with E-state index in [1.54, 1.807) is 22.7 Å². The maximum absolute atomic E-state index is 13.7. The molecule has 0 aliphatic carbocycles. The minimum atomic E-state index is -0.846. The summed E-state index contributed by atoms with van der Waals surface area (Å²) in [6.45, 7) is -0.383. The van der Waals surface area contributed by atoms with Gasteiger partial charge in [-0.15, -0.1) is 22.7 Å². The molecule has 0 saturated heterocycles. The molecular formula is C19H14F2N2O2S2. The second-order valence-corrected chi connectivity index (χ2v) is 7.79. The predicted molar refractivity (Wildman–Crippen MR) is 101 cm³/mol. The van der Waals surface area contributed by atoms with E-state index < -0.39 is 11.6 Å². The van der Waals surface area contributed by atoms with Crippen molar-refractivity contribution in [2.75, 3.05) is 6.61 Å². The molecule has 27 heavy (non-hydrogen) atoms. The first-order chi connectivity index (χ1) is 13.1. The Labute approximate surface area is 162 Å². The third-order valence-corrected chi connectivity index (χ3v) is 5.98. The molecule has 8 heteroatoms. The van der Waals surface area contributed by atoms with Crippen LogP contribution in [0.4, 0.5) is 8.78 Å². The van der Waals surface area contributed by atoms with Crippen molar-refractivity contribution in [2.24, 2.45) is 5.10 Å². The number of hydrazone groups is 1. The fourth-order valence-electron chi connectivity index (χ4n) is 2.83. The Balaban J connectivity index is 1.53. The Bertz CT molecular complexity index is 972. The molecule has 0 radical (unpaired) electrons. The standard InChI is InChI=1S/C19H14F2N2O2S2/c20-12-5-6-16(13(21)9-12)25-11-19(24)23-15(18-4-2-8-27-18)10-14(22-23)17-3-1-7-26-17/h1-9,15H,10-11H2. The number of nitrogens with zero attached hydrogens (tertiary/aromatic N) is 2. The highest BCUT2D eigenvalue weighted by molar-refractivity contribution is 7.12. The normalized spacial score (nSPS) is 16.4. The third kappa shape index (κ3) is 3.77. The van der Waals surface area contributed by atoms with Crippen LogP contribution in [-0.4, -0.2) is 23.2 Å². The molecule has 0 fully saturated rings. The molecule has 1 amide bonds. The predicted octanol–water partition coefficient (Wildman–Crippen LogP) is 4.84. The van der Waals surface area contributed by atoms with E-state index in [1.807, 2.05) is 35.0 Å². The quantitative estimate of drug-likeness (QED) is 0.610. The van der Waals surface area contributed by atoms with Gasteiger partial charge >= 0.3 is 0 Å². The highest BCUT2D eigenvalue weighted by atomic mass is 32.1. The van der Waals surface area contributed by atoms with Gasteiger partial charge < -0.3 is 4.74 Å². The van der Waals surface area contributed by atoms with Gasteiger partial charge in [0.15, 0.2) is 18.2 Å². The van der Waals surface area contributed by atoms with Gasteiger partial charge in [0.2, 0.25) is 0 Å². The van der Waals surface area contributed by atoms with E-state index in [9.17, 15) is 13.6 Å². The lowest BCUT2D eigenvalue weighted by atomic mass is 10.1. The molecular weight excluding hydrogens is 390 g/mol. The van der Waals surface area contributed by atoms with Crippen LogP contribution in [0.15, 0.2) is 58.3 Å². The number of benzene rings is 1. The number of rotatable bonds is 5. The minimum absolute atomic E-state index is 0.168. The maximum Gasteiger partial charge on any atom is 0.281 e. The van der Waals surface area contributed by atoms with Crippen molar-refractivity contribution in [3.63, 3.8) is 0 Å². The number of amides is 1. The summed E-state index contributed by atoms with van der Waals surface area (Å²) in [6, 6.07) is 10.5. The summed E-state index contributed by atoms with van der Waals surface area (Å²) in [5.41, 5.74) is 0.838. The lowest BCUT2D eigenvalue weighted by molar-refractivity contribution is -0.135. The van der Waals surface area contributed by atoms with Crippen molar-refractivity contribution in [2.45, 2.75) is 12.5 Å². The first-order valence-electron chi connectivity index (χ1n) is 8.16. The Kier molecular flexibility index (Phi) is 5.00. The first kappa shape index (κ1) is 17.8. The van der Waals surface area contributed by atoms with Gasteiger partial charge in [-0.1, -0.05) is 12.1 Å². The minimum Gasteiger partial charge on any atom is -0.481 e. The molecule has 3 heterocycles. The van der Waals surface area contributed by atoms with Crippen LogP contribution in [-0.2, 0) is 4.79 Å². The summed E-state index contributed by atoms with van der Waals surface area (Å²) in [4.78, 5) is 14.8. The molecule has 1 atom stereocenters. The van der Waals surface area contributed by atoms with Crippen LogP contribution in [0.1, 0.15) is 22.2 Å². The van der Waals surface area contributed by atoms with E-state index in [1.165, 1.54) is 11.1 Å². The van der Waals surface area contributed by atoms with Crippen LogP contribution in [0.2, 0.25) is 0 Å². The lowest BCUT2D eigenvalue weighted by Crippen LogP contribution is -2.31. The van der Waals surface area contributed by atoms with Crippen molar-refractivity contribution in [3.05, 3.63) is 74.6 Å². The zero-order valence-corrected chi connectivity index (χ0v) is 15.6. The fraction of sp³-hybridized carbons (Fsp3) is 0.158. The van der Waals surface area contributed by atoms with Crippen molar-refractivity contribution < 1.29 is 18.3 Å². The number of halogens is 2. The van der Waals surface area contributed by atoms with Crippen LogP contribution < -0.4 is 4.74 Å². The van der Waals surface area contributed by atoms with E-state index >= 15 is 0 Å². The van der Waals surface area contributed by atoms with E-state index in [4.69, 9.17) is 4.74 Å². The van der Waals surface area contributed by atoms with E-state index in [0.717, 1.165) is 27.6 Å². The zero-order chi connectivity index (χ0) is 18.8. The van der Waals surface area contributed by atoms with E-state index in [2.05, 4.69) is 5.10 Å². The van der Waals surface area contributed by atoms with Crippen molar-refractivity contribution >= 4 is 34.3 Å². The molecule has 2 aromatic heterocycles. The Hall–Kier alpha value is -2.58. The number of hydrogen-bond acceptors (Lipinski definition) is 5. The van der Waals surface area contributed by atoms with Crippen molar-refractivity contribution in [1.29, 1.82) is 0 Å². The first-order valence-corrected chi connectivity index (χ1v) is 9.92. The van der Waals surface area contributed by atoms with Gasteiger partial charge in [0.25, 0.3) is 5.91 Å². The van der Waals surface area contributed by atoms with Gasteiger partial charge in [-0.25, -0.2) is 13.8 Å². The topological polar surface area (TPSA) is 41.9 Å².